The molecule has 2 aliphatic heterocycles. The van der Waals surface area contributed by atoms with Gasteiger partial charge >= 0.3 is 5.97 Å². The Morgan fingerprint density at radius 2 is 1.90 bits per heavy atom. The predicted molar refractivity (Wildman–Crippen MR) is 80.8 cm³/mol. The van der Waals surface area contributed by atoms with Crippen molar-refractivity contribution in [1.29, 1.82) is 0 Å². The summed E-state index contributed by atoms with van der Waals surface area (Å²) in [5.74, 6) is 0.480. The second-order valence-electron chi connectivity index (χ2n) is 5.51. The molecule has 1 amide bonds. The lowest BCUT2D eigenvalue weighted by molar-refractivity contribution is -0.148. The van der Waals surface area contributed by atoms with Gasteiger partial charge in [-0.25, -0.2) is 8.42 Å². The fraction of sp³-hybridized carbons (Fsp3) is 0.846. The van der Waals surface area contributed by atoms with E-state index >= 15 is 0 Å². The maximum atomic E-state index is 12.1. The predicted octanol–water partition coefficient (Wildman–Crippen LogP) is 0.318. The van der Waals surface area contributed by atoms with Gasteiger partial charge in [0.15, 0.2) is 9.84 Å². The quantitative estimate of drug-likeness (QED) is 0.688. The molecule has 0 radical (unpaired) electrons. The third-order valence-corrected chi connectivity index (χ3v) is 7.28. The largest absolute Gasteiger partial charge is 0.469 e. The Labute approximate surface area is 129 Å². The van der Waals surface area contributed by atoms with Crippen molar-refractivity contribution in [2.75, 3.05) is 37.5 Å². The lowest BCUT2D eigenvalue weighted by atomic mass is 9.97. The summed E-state index contributed by atoms with van der Waals surface area (Å²) in [6, 6.07) is 0. The summed E-state index contributed by atoms with van der Waals surface area (Å²) >= 11 is 1.44. The van der Waals surface area contributed by atoms with Crippen molar-refractivity contribution in [3.63, 3.8) is 0 Å². The summed E-state index contributed by atoms with van der Waals surface area (Å²) in [4.78, 5) is 25.3. The SMILES string of the molecule is COC(=O)C1CCN(C(=O)CSC2CCS(=O)(=O)C2)CC1. The van der Waals surface area contributed by atoms with Crippen molar-refractivity contribution in [2.24, 2.45) is 5.92 Å². The van der Waals surface area contributed by atoms with Crippen LogP contribution in [0.1, 0.15) is 19.3 Å². The number of sulfone groups is 1. The zero-order valence-electron chi connectivity index (χ0n) is 12.1. The molecular formula is C13H21NO5S2. The molecule has 21 heavy (non-hydrogen) atoms. The van der Waals surface area contributed by atoms with E-state index in [1.54, 1.807) is 4.90 Å². The zero-order valence-corrected chi connectivity index (χ0v) is 13.7. The van der Waals surface area contributed by atoms with Gasteiger partial charge in [-0.1, -0.05) is 0 Å². The molecule has 0 aromatic rings. The summed E-state index contributed by atoms with van der Waals surface area (Å²) < 4.78 is 27.4. The molecule has 1 unspecified atom stereocenters. The number of nitrogens with zero attached hydrogens (tertiary/aromatic N) is 1. The number of carbonyl (C=O) groups excluding carboxylic acids is 2. The average Bonchev–Trinajstić information content (AvgIpc) is 2.83. The second kappa shape index (κ2) is 7.00. The molecule has 2 heterocycles. The smallest absolute Gasteiger partial charge is 0.308 e. The zero-order chi connectivity index (χ0) is 15.5. The fourth-order valence-corrected chi connectivity index (χ4v) is 6.25. The van der Waals surface area contributed by atoms with Crippen LogP contribution in [0.25, 0.3) is 0 Å². The van der Waals surface area contributed by atoms with Crippen LogP contribution in [0.4, 0.5) is 0 Å². The van der Waals surface area contributed by atoms with Crippen molar-refractivity contribution in [2.45, 2.75) is 24.5 Å². The highest BCUT2D eigenvalue weighted by Gasteiger charge is 2.31. The van der Waals surface area contributed by atoms with Crippen LogP contribution in [0.3, 0.4) is 0 Å². The number of rotatable bonds is 4. The number of amides is 1. The first-order valence-electron chi connectivity index (χ1n) is 7.09. The molecule has 0 N–H and O–H groups in total. The molecular weight excluding hydrogens is 314 g/mol. The number of likely N-dealkylation sites (tertiary alicyclic amines) is 1. The van der Waals surface area contributed by atoms with E-state index in [1.807, 2.05) is 0 Å². The maximum Gasteiger partial charge on any atom is 0.308 e. The molecule has 2 fully saturated rings. The summed E-state index contributed by atoms with van der Waals surface area (Å²) in [6.07, 6.45) is 1.92. The Morgan fingerprint density at radius 1 is 1.24 bits per heavy atom. The molecule has 0 aliphatic carbocycles. The highest BCUT2D eigenvalue weighted by atomic mass is 32.2. The molecule has 1 atom stereocenters. The molecule has 2 rings (SSSR count). The van der Waals surface area contributed by atoms with Gasteiger partial charge in [-0.05, 0) is 19.3 Å². The van der Waals surface area contributed by atoms with Crippen LogP contribution in [-0.2, 0) is 24.2 Å². The lowest BCUT2D eigenvalue weighted by Gasteiger charge is -2.30. The van der Waals surface area contributed by atoms with Gasteiger partial charge in [0.25, 0.3) is 0 Å². The third kappa shape index (κ3) is 4.60. The normalized spacial score (nSPS) is 25.8. The van der Waals surface area contributed by atoms with E-state index in [2.05, 4.69) is 0 Å². The van der Waals surface area contributed by atoms with E-state index in [1.165, 1.54) is 18.9 Å². The number of ether oxygens (including phenoxy) is 1. The van der Waals surface area contributed by atoms with Crippen molar-refractivity contribution in [3.05, 3.63) is 0 Å². The third-order valence-electron chi connectivity index (χ3n) is 4.02. The van der Waals surface area contributed by atoms with E-state index in [-0.39, 0.29) is 34.6 Å². The molecule has 2 saturated heterocycles. The van der Waals surface area contributed by atoms with Gasteiger partial charge in [-0.3, -0.25) is 9.59 Å². The summed E-state index contributed by atoms with van der Waals surface area (Å²) in [5, 5.41) is 0.0477. The van der Waals surface area contributed by atoms with E-state index in [0.29, 0.717) is 38.1 Å². The standard InChI is InChI=1S/C13H21NO5S2/c1-19-13(16)10-2-5-14(6-3-10)12(15)8-20-11-4-7-21(17,18)9-11/h10-11H,2-9H2,1H3. The number of piperidine rings is 1. The van der Waals surface area contributed by atoms with Crippen molar-refractivity contribution >= 4 is 33.5 Å². The number of carbonyl (C=O) groups is 2. The number of hydrogen-bond donors (Lipinski definition) is 0. The number of esters is 1. The van der Waals surface area contributed by atoms with E-state index in [0.717, 1.165) is 0 Å². The molecule has 2 aliphatic rings. The first kappa shape index (κ1) is 16.6. The number of hydrogen-bond acceptors (Lipinski definition) is 6. The topological polar surface area (TPSA) is 80.8 Å². The van der Waals surface area contributed by atoms with Gasteiger partial charge in [0.1, 0.15) is 0 Å². The van der Waals surface area contributed by atoms with Crippen molar-refractivity contribution < 1.29 is 22.7 Å². The number of methoxy groups -OCH3 is 1. The van der Waals surface area contributed by atoms with Gasteiger partial charge in [-0.15, -0.1) is 11.8 Å². The van der Waals surface area contributed by atoms with E-state index in [9.17, 15) is 18.0 Å². The van der Waals surface area contributed by atoms with Crippen LogP contribution in [-0.4, -0.2) is 67.9 Å². The summed E-state index contributed by atoms with van der Waals surface area (Å²) in [5.41, 5.74) is 0. The molecule has 0 bridgehead atoms. The maximum absolute atomic E-state index is 12.1. The van der Waals surface area contributed by atoms with Crippen LogP contribution >= 0.6 is 11.8 Å². The molecule has 8 heteroatoms. The Morgan fingerprint density at radius 3 is 2.43 bits per heavy atom. The van der Waals surface area contributed by atoms with Crippen LogP contribution < -0.4 is 0 Å². The minimum atomic E-state index is -2.89. The molecule has 0 saturated carbocycles. The van der Waals surface area contributed by atoms with Crippen LogP contribution in [0.15, 0.2) is 0 Å². The molecule has 120 valence electrons. The highest BCUT2D eigenvalue weighted by molar-refractivity contribution is 8.02. The molecule has 0 aromatic carbocycles. The van der Waals surface area contributed by atoms with Crippen LogP contribution in [0.2, 0.25) is 0 Å². The van der Waals surface area contributed by atoms with Gasteiger partial charge in [0.05, 0.1) is 30.3 Å². The average molecular weight is 335 g/mol. The first-order chi connectivity index (χ1) is 9.91. The Bertz CT molecular complexity index is 497. The monoisotopic (exact) mass is 335 g/mol. The fourth-order valence-electron chi connectivity index (χ4n) is 2.70. The minimum Gasteiger partial charge on any atom is -0.469 e. The molecule has 0 spiro atoms. The Hall–Kier alpha value is -0.760. The number of thioether (sulfide) groups is 1. The van der Waals surface area contributed by atoms with Crippen molar-refractivity contribution in [1.82, 2.24) is 4.90 Å². The summed E-state index contributed by atoms with van der Waals surface area (Å²) in [6.45, 7) is 1.14. The molecule has 6 nitrogen and oxygen atoms in total. The van der Waals surface area contributed by atoms with Gasteiger partial charge < -0.3 is 9.64 Å². The van der Waals surface area contributed by atoms with Crippen molar-refractivity contribution in [3.8, 4) is 0 Å². The van der Waals surface area contributed by atoms with Gasteiger partial charge in [0, 0.05) is 18.3 Å². The van der Waals surface area contributed by atoms with Gasteiger partial charge in [-0.2, -0.15) is 0 Å². The Balaban J connectivity index is 1.72. The van der Waals surface area contributed by atoms with Crippen LogP contribution in [0, 0.1) is 5.92 Å². The molecule has 0 aromatic heterocycles. The summed E-state index contributed by atoms with van der Waals surface area (Å²) in [7, 11) is -1.50. The highest BCUT2D eigenvalue weighted by Crippen LogP contribution is 2.25. The van der Waals surface area contributed by atoms with Gasteiger partial charge in [0.2, 0.25) is 5.91 Å². The first-order valence-corrected chi connectivity index (χ1v) is 9.96. The Kier molecular flexibility index (Phi) is 5.54. The lowest BCUT2D eigenvalue weighted by Crippen LogP contribution is -2.41. The van der Waals surface area contributed by atoms with E-state index < -0.39 is 9.84 Å². The second-order valence-corrected chi connectivity index (χ2v) is 9.03. The van der Waals surface area contributed by atoms with Crippen LogP contribution in [0.5, 0.6) is 0 Å². The van der Waals surface area contributed by atoms with E-state index in [4.69, 9.17) is 4.74 Å². The minimum absolute atomic E-state index is 0.0348.